The number of hydrogen-bond donors (Lipinski definition) is 2. The number of amides is 2. The van der Waals surface area contributed by atoms with E-state index in [9.17, 15) is 9.59 Å². The lowest BCUT2D eigenvalue weighted by Gasteiger charge is -2.03. The Morgan fingerprint density at radius 1 is 1.25 bits per heavy atom. The molecule has 0 radical (unpaired) electrons. The first-order chi connectivity index (χ1) is 11.6. The van der Waals surface area contributed by atoms with Crippen LogP contribution in [0.2, 0.25) is 0 Å². The third kappa shape index (κ3) is 4.16. The Morgan fingerprint density at radius 2 is 2.04 bits per heavy atom. The van der Waals surface area contributed by atoms with Crippen molar-refractivity contribution in [3.8, 4) is 0 Å². The minimum atomic E-state index is -0.304. The Balaban J connectivity index is 1.36. The molecule has 126 valence electrons. The first-order valence-corrected chi connectivity index (χ1v) is 8.01. The van der Waals surface area contributed by atoms with Crippen LogP contribution in [0.4, 0.5) is 0 Å². The van der Waals surface area contributed by atoms with Crippen LogP contribution in [0, 0.1) is 5.92 Å². The molecule has 1 aliphatic rings. The zero-order valence-corrected chi connectivity index (χ0v) is 13.5. The maximum absolute atomic E-state index is 11.7. The zero-order valence-electron chi connectivity index (χ0n) is 13.5. The average molecular weight is 328 g/mol. The zero-order chi connectivity index (χ0) is 16.9. The fourth-order valence-corrected chi connectivity index (χ4v) is 2.45. The smallest absolute Gasteiger partial charge is 0.287 e. The summed E-state index contributed by atoms with van der Waals surface area (Å²) in [6.45, 7) is 2.85. The van der Waals surface area contributed by atoms with Gasteiger partial charge < -0.3 is 19.5 Å². The van der Waals surface area contributed by atoms with Crippen LogP contribution in [0.3, 0.4) is 0 Å². The van der Waals surface area contributed by atoms with E-state index in [1.54, 1.807) is 18.2 Å². The van der Waals surface area contributed by atoms with Crippen molar-refractivity contribution in [1.82, 2.24) is 10.6 Å². The third-order valence-electron chi connectivity index (χ3n) is 3.98. The fraction of sp³-hybridized carbons (Fsp3) is 0.333. The number of rotatable bonds is 7. The SMILES string of the molecule is C[C@@H]1C[C@H]1c1ccc(/C=C/C(=O)NCCNC(=O)c2ccco2)o1. The van der Waals surface area contributed by atoms with E-state index in [-0.39, 0.29) is 17.6 Å². The Labute approximate surface area is 139 Å². The van der Waals surface area contributed by atoms with Crippen LogP contribution < -0.4 is 10.6 Å². The highest BCUT2D eigenvalue weighted by molar-refractivity contribution is 5.92. The van der Waals surface area contributed by atoms with Gasteiger partial charge in [-0.15, -0.1) is 0 Å². The first-order valence-electron chi connectivity index (χ1n) is 8.01. The third-order valence-corrected chi connectivity index (χ3v) is 3.98. The van der Waals surface area contributed by atoms with E-state index in [4.69, 9.17) is 8.83 Å². The fourth-order valence-electron chi connectivity index (χ4n) is 2.45. The second kappa shape index (κ2) is 7.21. The molecule has 2 atom stereocenters. The molecule has 2 aromatic heterocycles. The van der Waals surface area contributed by atoms with Crippen LogP contribution in [0.1, 0.15) is 41.3 Å². The van der Waals surface area contributed by atoms with Gasteiger partial charge in [0.2, 0.25) is 5.91 Å². The van der Waals surface area contributed by atoms with Gasteiger partial charge in [0.15, 0.2) is 5.76 Å². The van der Waals surface area contributed by atoms with Crippen molar-refractivity contribution in [2.24, 2.45) is 5.92 Å². The lowest BCUT2D eigenvalue weighted by molar-refractivity contribution is -0.116. The lowest BCUT2D eigenvalue weighted by Crippen LogP contribution is -2.33. The quantitative estimate of drug-likeness (QED) is 0.604. The molecule has 1 saturated carbocycles. The number of nitrogens with one attached hydrogen (secondary N) is 2. The van der Waals surface area contributed by atoms with Crippen molar-refractivity contribution in [3.63, 3.8) is 0 Å². The second-order valence-electron chi connectivity index (χ2n) is 5.92. The van der Waals surface area contributed by atoms with Crippen LogP contribution in [-0.2, 0) is 4.79 Å². The van der Waals surface area contributed by atoms with Gasteiger partial charge in [0.25, 0.3) is 5.91 Å². The predicted octanol–water partition coefficient (Wildman–Crippen LogP) is 2.56. The Hall–Kier alpha value is -2.76. The Morgan fingerprint density at radius 3 is 2.75 bits per heavy atom. The Kier molecular flexibility index (Phi) is 4.84. The summed E-state index contributed by atoms with van der Waals surface area (Å²) in [4.78, 5) is 23.3. The number of hydrogen-bond acceptors (Lipinski definition) is 4. The van der Waals surface area contributed by atoms with E-state index in [2.05, 4.69) is 17.6 Å². The van der Waals surface area contributed by atoms with Crippen molar-refractivity contribution in [3.05, 3.63) is 53.9 Å². The molecule has 6 heteroatoms. The molecule has 1 fully saturated rings. The number of carbonyl (C=O) groups excluding carboxylic acids is 2. The van der Waals surface area contributed by atoms with Gasteiger partial charge in [0.05, 0.1) is 6.26 Å². The van der Waals surface area contributed by atoms with Gasteiger partial charge in [-0.25, -0.2) is 0 Å². The molecule has 2 heterocycles. The van der Waals surface area contributed by atoms with Gasteiger partial charge in [-0.2, -0.15) is 0 Å². The van der Waals surface area contributed by atoms with Crippen molar-refractivity contribution in [1.29, 1.82) is 0 Å². The molecule has 2 aromatic rings. The minimum absolute atomic E-state index is 0.236. The molecule has 0 aromatic carbocycles. The molecule has 0 saturated heterocycles. The van der Waals surface area contributed by atoms with E-state index in [0.717, 1.165) is 5.76 Å². The number of carbonyl (C=O) groups is 2. The highest BCUT2D eigenvalue weighted by Crippen LogP contribution is 2.47. The largest absolute Gasteiger partial charge is 0.461 e. The molecule has 3 rings (SSSR count). The van der Waals surface area contributed by atoms with Gasteiger partial charge >= 0.3 is 0 Å². The monoisotopic (exact) mass is 328 g/mol. The van der Waals surface area contributed by atoms with E-state index in [1.807, 2.05) is 12.1 Å². The summed E-state index contributed by atoms with van der Waals surface area (Å²) >= 11 is 0. The van der Waals surface area contributed by atoms with E-state index in [0.29, 0.717) is 30.7 Å². The van der Waals surface area contributed by atoms with E-state index >= 15 is 0 Å². The van der Waals surface area contributed by atoms with Crippen molar-refractivity contribution in [2.45, 2.75) is 19.3 Å². The summed E-state index contributed by atoms with van der Waals surface area (Å²) in [6, 6.07) is 7.06. The van der Waals surface area contributed by atoms with Gasteiger partial charge in [-0.3, -0.25) is 9.59 Å². The topological polar surface area (TPSA) is 84.5 Å². The molecule has 1 aliphatic carbocycles. The summed E-state index contributed by atoms with van der Waals surface area (Å²) in [5.41, 5.74) is 0. The molecular formula is C18H20N2O4. The van der Waals surface area contributed by atoms with Crippen LogP contribution in [0.25, 0.3) is 6.08 Å². The molecule has 0 unspecified atom stereocenters. The van der Waals surface area contributed by atoms with Gasteiger partial charge in [0, 0.05) is 25.1 Å². The van der Waals surface area contributed by atoms with E-state index in [1.165, 1.54) is 18.8 Å². The van der Waals surface area contributed by atoms with Crippen LogP contribution in [0.15, 0.2) is 45.4 Å². The molecule has 2 amide bonds. The highest BCUT2D eigenvalue weighted by atomic mass is 16.3. The van der Waals surface area contributed by atoms with Crippen molar-refractivity contribution < 1.29 is 18.4 Å². The van der Waals surface area contributed by atoms with Crippen LogP contribution in [-0.4, -0.2) is 24.9 Å². The summed E-state index contributed by atoms with van der Waals surface area (Å²) < 4.78 is 10.7. The Bertz CT molecular complexity index is 730. The normalized spacial score (nSPS) is 19.4. The molecule has 0 spiro atoms. The van der Waals surface area contributed by atoms with Gasteiger partial charge in [-0.05, 0) is 42.7 Å². The second-order valence-corrected chi connectivity index (χ2v) is 5.92. The number of furan rings is 2. The lowest BCUT2D eigenvalue weighted by atomic mass is 10.3. The molecule has 24 heavy (non-hydrogen) atoms. The van der Waals surface area contributed by atoms with E-state index < -0.39 is 0 Å². The first kappa shape index (κ1) is 16.1. The van der Waals surface area contributed by atoms with Gasteiger partial charge in [-0.1, -0.05) is 6.92 Å². The molecule has 0 aliphatic heterocycles. The molecular weight excluding hydrogens is 308 g/mol. The summed E-state index contributed by atoms with van der Waals surface area (Å²) in [5, 5.41) is 5.34. The summed E-state index contributed by atoms with van der Waals surface area (Å²) in [7, 11) is 0. The predicted molar refractivity (Wildman–Crippen MR) is 88.3 cm³/mol. The summed E-state index contributed by atoms with van der Waals surface area (Å²) in [5.74, 6) is 2.59. The van der Waals surface area contributed by atoms with Crippen LogP contribution >= 0.6 is 0 Å². The molecule has 6 nitrogen and oxygen atoms in total. The van der Waals surface area contributed by atoms with Gasteiger partial charge in [0.1, 0.15) is 11.5 Å². The van der Waals surface area contributed by atoms with Crippen LogP contribution in [0.5, 0.6) is 0 Å². The average Bonchev–Trinajstić information content (AvgIpc) is 3.03. The molecule has 2 N–H and O–H groups in total. The van der Waals surface area contributed by atoms with Crippen molar-refractivity contribution >= 4 is 17.9 Å². The molecule has 0 bridgehead atoms. The van der Waals surface area contributed by atoms with Crippen molar-refractivity contribution in [2.75, 3.05) is 13.1 Å². The highest BCUT2D eigenvalue weighted by Gasteiger charge is 2.36. The summed E-state index contributed by atoms with van der Waals surface area (Å²) in [6.07, 6.45) is 5.67. The maximum Gasteiger partial charge on any atom is 0.287 e. The minimum Gasteiger partial charge on any atom is -0.461 e. The maximum atomic E-state index is 11.7. The standard InChI is InChI=1S/C18H20N2O4/c1-12-11-14(12)15-6-4-13(24-15)5-7-17(21)19-8-9-20-18(22)16-3-2-10-23-16/h2-7,10,12,14H,8-9,11H2,1H3,(H,19,21)(H,20,22)/b7-5+/t12-,14-/m1/s1.